The molecule has 0 radical (unpaired) electrons. The van der Waals surface area contributed by atoms with Crippen LogP contribution in [-0.2, 0) is 17.9 Å². The lowest BCUT2D eigenvalue weighted by atomic mass is 10.1. The average Bonchev–Trinajstić information content (AvgIpc) is 3.02. The molecule has 0 unspecified atom stereocenters. The van der Waals surface area contributed by atoms with E-state index in [-0.39, 0.29) is 17.7 Å². The van der Waals surface area contributed by atoms with Crippen molar-refractivity contribution in [3.63, 3.8) is 0 Å². The average molecular weight is 779 g/mol. The van der Waals surface area contributed by atoms with Crippen molar-refractivity contribution in [2.75, 3.05) is 0 Å². The largest absolute Gasteiger partial charge is 0.487 e. The molecule has 1 saturated heterocycles. The van der Waals surface area contributed by atoms with Gasteiger partial charge in [0, 0.05) is 12.7 Å². The van der Waals surface area contributed by atoms with Gasteiger partial charge in [-0.3, -0.25) is 14.5 Å². The maximum absolute atomic E-state index is 13.0. The van der Waals surface area contributed by atoms with E-state index in [0.29, 0.717) is 17.3 Å². The Labute approximate surface area is 231 Å². The Balaban J connectivity index is 1.59. The summed E-state index contributed by atoms with van der Waals surface area (Å²) in [7, 11) is 0. The van der Waals surface area contributed by atoms with Crippen LogP contribution in [0.2, 0.25) is 0 Å². The summed E-state index contributed by atoms with van der Waals surface area (Å²) < 4.78 is 9.23. The number of carbonyl (C=O) groups excluding carboxylic acids is 2. The highest BCUT2D eigenvalue weighted by Gasteiger charge is 2.35. The zero-order chi connectivity index (χ0) is 22.7. The second kappa shape index (κ2) is 10.9. The molecule has 3 aromatic rings. The van der Waals surface area contributed by atoms with Crippen LogP contribution < -0.4 is 4.74 Å². The van der Waals surface area contributed by atoms with Crippen molar-refractivity contribution in [3.05, 3.63) is 99.0 Å². The van der Waals surface area contributed by atoms with E-state index in [1.165, 1.54) is 4.90 Å². The third kappa shape index (κ3) is 5.86. The normalized spacial score (nSPS) is 15.0. The van der Waals surface area contributed by atoms with Crippen molar-refractivity contribution in [3.8, 4) is 5.75 Å². The van der Waals surface area contributed by atoms with Crippen molar-refractivity contribution in [2.24, 2.45) is 0 Å². The Morgan fingerprint density at radius 2 is 1.59 bits per heavy atom. The van der Waals surface area contributed by atoms with Crippen LogP contribution in [-0.4, -0.2) is 16.0 Å². The SMILES string of the molecule is O=C1S/C(=C\c2cc(I)cc(I)c2OCc2ccccc2)C(=O)N1Cc1ccc(I)cc1. The van der Waals surface area contributed by atoms with Crippen molar-refractivity contribution in [1.29, 1.82) is 0 Å². The van der Waals surface area contributed by atoms with E-state index < -0.39 is 0 Å². The molecule has 1 aliphatic rings. The van der Waals surface area contributed by atoms with Gasteiger partial charge in [0.05, 0.1) is 15.0 Å². The van der Waals surface area contributed by atoms with Gasteiger partial charge in [-0.2, -0.15) is 0 Å². The van der Waals surface area contributed by atoms with Gasteiger partial charge in [-0.15, -0.1) is 0 Å². The Bertz CT molecular complexity index is 1200. The molecule has 3 aromatic carbocycles. The third-order valence-electron chi connectivity index (χ3n) is 4.68. The number of benzene rings is 3. The molecule has 0 saturated carbocycles. The predicted octanol–water partition coefficient (Wildman–Crippen LogP) is 7.32. The molecule has 0 spiro atoms. The highest BCUT2D eigenvalue weighted by Crippen LogP contribution is 2.37. The molecule has 8 heteroatoms. The summed E-state index contributed by atoms with van der Waals surface area (Å²) in [5.41, 5.74) is 2.77. The fourth-order valence-corrected chi connectivity index (χ4v) is 6.35. The number of thioether (sulfide) groups is 1. The number of halogens is 3. The highest BCUT2D eigenvalue weighted by molar-refractivity contribution is 14.1. The van der Waals surface area contributed by atoms with E-state index in [0.717, 1.165) is 39.2 Å². The van der Waals surface area contributed by atoms with Gasteiger partial charge in [-0.05, 0) is 121 Å². The lowest BCUT2D eigenvalue weighted by molar-refractivity contribution is -0.123. The van der Waals surface area contributed by atoms with Crippen LogP contribution in [0.15, 0.2) is 71.6 Å². The second-order valence-corrected chi connectivity index (χ2v) is 11.6. The predicted molar refractivity (Wildman–Crippen MR) is 153 cm³/mol. The first kappa shape index (κ1) is 24.0. The summed E-state index contributed by atoms with van der Waals surface area (Å²) in [6, 6.07) is 21.7. The maximum Gasteiger partial charge on any atom is 0.293 e. The van der Waals surface area contributed by atoms with Crippen LogP contribution in [0.3, 0.4) is 0 Å². The topological polar surface area (TPSA) is 46.6 Å². The molecule has 1 heterocycles. The van der Waals surface area contributed by atoms with Crippen molar-refractivity contribution in [2.45, 2.75) is 13.2 Å². The smallest absolute Gasteiger partial charge is 0.293 e. The molecule has 32 heavy (non-hydrogen) atoms. The van der Waals surface area contributed by atoms with Crippen LogP contribution >= 0.6 is 79.5 Å². The number of amides is 2. The summed E-state index contributed by atoms with van der Waals surface area (Å²) in [4.78, 5) is 27.3. The minimum Gasteiger partial charge on any atom is -0.487 e. The lowest BCUT2D eigenvalue weighted by Crippen LogP contribution is -2.27. The van der Waals surface area contributed by atoms with Crippen molar-refractivity contribution in [1.82, 2.24) is 4.90 Å². The van der Waals surface area contributed by atoms with Gasteiger partial charge in [0.1, 0.15) is 12.4 Å². The minimum absolute atomic E-state index is 0.258. The number of carbonyl (C=O) groups is 2. The van der Waals surface area contributed by atoms with Crippen LogP contribution in [0.4, 0.5) is 4.79 Å². The summed E-state index contributed by atoms with van der Waals surface area (Å²) in [5.74, 6) is 0.431. The van der Waals surface area contributed by atoms with Gasteiger partial charge in [0.25, 0.3) is 11.1 Å². The van der Waals surface area contributed by atoms with Crippen molar-refractivity contribution < 1.29 is 14.3 Å². The van der Waals surface area contributed by atoms with Gasteiger partial charge in [-0.25, -0.2) is 0 Å². The number of hydrogen-bond acceptors (Lipinski definition) is 4. The van der Waals surface area contributed by atoms with Gasteiger partial charge in [-0.1, -0.05) is 42.5 Å². The monoisotopic (exact) mass is 779 g/mol. The molecular formula is C24H16I3NO3S. The molecular weight excluding hydrogens is 763 g/mol. The molecule has 2 amide bonds. The maximum atomic E-state index is 13.0. The highest BCUT2D eigenvalue weighted by atomic mass is 127. The fourth-order valence-electron chi connectivity index (χ4n) is 3.12. The summed E-state index contributed by atoms with van der Waals surface area (Å²) in [6.07, 6.45) is 1.77. The fraction of sp³-hybridized carbons (Fsp3) is 0.0833. The Kier molecular flexibility index (Phi) is 8.16. The van der Waals surface area contributed by atoms with Gasteiger partial charge < -0.3 is 4.74 Å². The zero-order valence-electron chi connectivity index (χ0n) is 16.6. The van der Waals surface area contributed by atoms with E-state index in [2.05, 4.69) is 67.8 Å². The van der Waals surface area contributed by atoms with Gasteiger partial charge >= 0.3 is 0 Å². The molecule has 1 aliphatic heterocycles. The molecule has 1 fully saturated rings. The van der Waals surface area contributed by atoms with Crippen molar-refractivity contribution >= 4 is 96.8 Å². The molecule has 0 aromatic heterocycles. The molecule has 0 atom stereocenters. The van der Waals surface area contributed by atoms with E-state index >= 15 is 0 Å². The second-order valence-electron chi connectivity index (χ2n) is 6.97. The quantitative estimate of drug-likeness (QED) is 0.195. The molecule has 0 bridgehead atoms. The molecule has 4 nitrogen and oxygen atoms in total. The number of rotatable bonds is 6. The van der Waals surface area contributed by atoms with E-state index in [4.69, 9.17) is 4.74 Å². The third-order valence-corrected chi connectivity index (χ3v) is 7.73. The Morgan fingerprint density at radius 1 is 0.875 bits per heavy atom. The molecule has 4 rings (SSSR count). The van der Waals surface area contributed by atoms with Crippen LogP contribution in [0, 0.1) is 10.7 Å². The van der Waals surface area contributed by atoms with Crippen LogP contribution in [0.1, 0.15) is 16.7 Å². The van der Waals surface area contributed by atoms with E-state index in [1.807, 2.05) is 66.7 Å². The molecule has 0 N–H and O–H groups in total. The Hall–Kier alpha value is -1.12. The van der Waals surface area contributed by atoms with Crippen LogP contribution in [0.5, 0.6) is 5.75 Å². The minimum atomic E-state index is -0.276. The van der Waals surface area contributed by atoms with Gasteiger partial charge in [0.2, 0.25) is 0 Å². The van der Waals surface area contributed by atoms with E-state index in [9.17, 15) is 9.59 Å². The standard InChI is InChI=1S/C24H16I3NO3S/c25-18-8-6-15(7-9-18)13-28-23(29)21(32-24(28)30)11-17-10-19(26)12-20(27)22(17)31-14-16-4-2-1-3-5-16/h1-12H,13-14H2/b21-11-. The summed E-state index contributed by atoms with van der Waals surface area (Å²) in [5, 5.41) is -0.258. The summed E-state index contributed by atoms with van der Waals surface area (Å²) >= 11 is 7.69. The first-order chi connectivity index (χ1) is 15.4. The number of hydrogen-bond donors (Lipinski definition) is 0. The molecule has 0 aliphatic carbocycles. The van der Waals surface area contributed by atoms with Crippen LogP contribution in [0.25, 0.3) is 6.08 Å². The number of nitrogens with zero attached hydrogens (tertiary/aromatic N) is 1. The first-order valence-electron chi connectivity index (χ1n) is 9.56. The first-order valence-corrected chi connectivity index (χ1v) is 13.6. The molecule has 162 valence electrons. The Morgan fingerprint density at radius 3 is 2.31 bits per heavy atom. The van der Waals surface area contributed by atoms with E-state index in [1.54, 1.807) is 6.08 Å². The van der Waals surface area contributed by atoms with Gasteiger partial charge in [0.15, 0.2) is 0 Å². The number of ether oxygens (including phenoxy) is 1. The lowest BCUT2D eigenvalue weighted by Gasteiger charge is -2.13. The number of imide groups is 1. The zero-order valence-corrected chi connectivity index (χ0v) is 23.8. The summed E-state index contributed by atoms with van der Waals surface area (Å²) in [6.45, 7) is 0.687.